The number of ether oxygens (including phenoxy) is 1. The van der Waals surface area contributed by atoms with Gasteiger partial charge in [-0.2, -0.15) is 0 Å². The monoisotopic (exact) mass is 468 g/mol. The highest BCUT2D eigenvalue weighted by Crippen LogP contribution is 2.07. The van der Waals surface area contributed by atoms with Crippen LogP contribution in [0.15, 0.2) is 60.7 Å². The average Bonchev–Trinajstić information content (AvgIpc) is 2.81. The number of hydrogen-bond acceptors (Lipinski definition) is 5. The number of hydrogen-bond donors (Lipinski definition) is 4. The van der Waals surface area contributed by atoms with Crippen molar-refractivity contribution in [1.82, 2.24) is 16.0 Å². The molecule has 9 heteroatoms. The summed E-state index contributed by atoms with van der Waals surface area (Å²) in [6.45, 7) is 3.51. The lowest BCUT2D eigenvalue weighted by atomic mass is 10.0. The summed E-state index contributed by atoms with van der Waals surface area (Å²) in [6.07, 6.45) is -0.180. The lowest BCUT2D eigenvalue weighted by Gasteiger charge is -2.23. The third-order valence-corrected chi connectivity index (χ3v) is 4.91. The lowest BCUT2D eigenvalue weighted by Crippen LogP contribution is -2.55. The van der Waals surface area contributed by atoms with Gasteiger partial charge in [0.15, 0.2) is 0 Å². The summed E-state index contributed by atoms with van der Waals surface area (Å²) in [5.41, 5.74) is 7.07. The van der Waals surface area contributed by atoms with E-state index in [1.165, 1.54) is 0 Å². The largest absolute Gasteiger partial charge is 0.445 e. The number of alkyl carbamates (subject to hydrolysis) is 1. The standard InChI is InChI=1S/C25H32N4O5/c1-17(2)13-20(23(26)31)29-24(32)21(14-18-9-5-3-6-10-18)28-22(30)15-27-25(33)34-16-19-11-7-4-8-12-19/h3-12,17,20-21H,13-16H2,1-2H3,(H2,26,31)(H,27,33)(H,28,30)(H,29,32)/t20-,21-/m0/s1. The van der Waals surface area contributed by atoms with Crippen molar-refractivity contribution in [2.45, 2.75) is 45.4 Å². The molecule has 2 aromatic carbocycles. The van der Waals surface area contributed by atoms with Gasteiger partial charge in [-0.3, -0.25) is 14.4 Å². The maximum absolute atomic E-state index is 12.9. The fourth-order valence-corrected chi connectivity index (χ4v) is 3.22. The van der Waals surface area contributed by atoms with Gasteiger partial charge >= 0.3 is 6.09 Å². The average molecular weight is 469 g/mol. The molecule has 0 bridgehead atoms. The van der Waals surface area contributed by atoms with Gasteiger partial charge in [0, 0.05) is 6.42 Å². The van der Waals surface area contributed by atoms with Crippen LogP contribution < -0.4 is 21.7 Å². The van der Waals surface area contributed by atoms with Crippen LogP contribution in [0.1, 0.15) is 31.4 Å². The topological polar surface area (TPSA) is 140 Å². The highest BCUT2D eigenvalue weighted by molar-refractivity contribution is 5.92. The Labute approximate surface area is 199 Å². The van der Waals surface area contributed by atoms with Crippen LogP contribution in [0, 0.1) is 5.92 Å². The molecule has 2 rings (SSSR count). The van der Waals surface area contributed by atoms with Crippen molar-refractivity contribution in [2.24, 2.45) is 11.7 Å². The van der Waals surface area contributed by atoms with Crippen LogP contribution in [0.4, 0.5) is 4.79 Å². The zero-order valence-electron chi connectivity index (χ0n) is 19.5. The molecule has 0 aliphatic rings. The predicted molar refractivity (Wildman–Crippen MR) is 127 cm³/mol. The zero-order valence-corrected chi connectivity index (χ0v) is 19.5. The number of primary amides is 1. The highest BCUT2D eigenvalue weighted by Gasteiger charge is 2.26. The molecule has 0 saturated carbocycles. The molecule has 2 atom stereocenters. The SMILES string of the molecule is CC(C)C[C@H](NC(=O)[C@H](Cc1ccccc1)NC(=O)CNC(=O)OCc1ccccc1)C(N)=O. The minimum atomic E-state index is -0.967. The number of benzene rings is 2. The molecule has 0 aliphatic heterocycles. The molecule has 0 heterocycles. The van der Waals surface area contributed by atoms with E-state index in [0.29, 0.717) is 6.42 Å². The van der Waals surface area contributed by atoms with Crippen molar-refractivity contribution in [3.8, 4) is 0 Å². The third-order valence-electron chi connectivity index (χ3n) is 4.91. The van der Waals surface area contributed by atoms with Crippen LogP contribution in [0.25, 0.3) is 0 Å². The molecule has 0 saturated heterocycles. The van der Waals surface area contributed by atoms with Gasteiger partial charge in [0.25, 0.3) is 0 Å². The first-order chi connectivity index (χ1) is 16.2. The molecule has 0 aromatic heterocycles. The Balaban J connectivity index is 1.95. The van der Waals surface area contributed by atoms with Gasteiger partial charge in [-0.1, -0.05) is 74.5 Å². The Morgan fingerprint density at radius 3 is 2.00 bits per heavy atom. The number of nitrogens with two attached hydrogens (primary N) is 1. The van der Waals surface area contributed by atoms with Gasteiger partial charge in [0.05, 0.1) is 0 Å². The number of carbonyl (C=O) groups excluding carboxylic acids is 4. The van der Waals surface area contributed by atoms with Crippen LogP contribution in [-0.2, 0) is 32.1 Å². The highest BCUT2D eigenvalue weighted by atomic mass is 16.5. The lowest BCUT2D eigenvalue weighted by molar-refractivity contribution is -0.131. The van der Waals surface area contributed by atoms with Crippen molar-refractivity contribution in [3.63, 3.8) is 0 Å². The van der Waals surface area contributed by atoms with E-state index < -0.39 is 35.9 Å². The second-order valence-electron chi connectivity index (χ2n) is 8.32. The smallest absolute Gasteiger partial charge is 0.407 e. The van der Waals surface area contributed by atoms with Crippen molar-refractivity contribution in [3.05, 3.63) is 71.8 Å². The van der Waals surface area contributed by atoms with Gasteiger partial charge in [-0.25, -0.2) is 4.79 Å². The van der Waals surface area contributed by atoms with Crippen molar-refractivity contribution >= 4 is 23.8 Å². The van der Waals surface area contributed by atoms with Crippen molar-refractivity contribution in [1.29, 1.82) is 0 Å². The Kier molecular flexibility index (Phi) is 10.6. The molecule has 182 valence electrons. The molecule has 0 spiro atoms. The number of nitrogens with one attached hydrogen (secondary N) is 3. The van der Waals surface area contributed by atoms with Crippen LogP contribution in [-0.4, -0.2) is 42.4 Å². The van der Waals surface area contributed by atoms with E-state index in [9.17, 15) is 19.2 Å². The summed E-state index contributed by atoms with van der Waals surface area (Å²) in [4.78, 5) is 49.1. The normalized spacial score (nSPS) is 12.3. The van der Waals surface area contributed by atoms with E-state index in [2.05, 4.69) is 16.0 Å². The number of amides is 4. The van der Waals surface area contributed by atoms with Gasteiger partial charge in [-0.15, -0.1) is 0 Å². The maximum atomic E-state index is 12.9. The first kappa shape index (κ1) is 26.4. The van der Waals surface area contributed by atoms with E-state index >= 15 is 0 Å². The first-order valence-electron chi connectivity index (χ1n) is 11.1. The van der Waals surface area contributed by atoms with Crippen LogP contribution in [0.5, 0.6) is 0 Å². The molecule has 5 N–H and O–H groups in total. The molecule has 0 aliphatic carbocycles. The van der Waals surface area contributed by atoms with Crippen molar-refractivity contribution in [2.75, 3.05) is 6.54 Å². The minimum absolute atomic E-state index is 0.0672. The maximum Gasteiger partial charge on any atom is 0.407 e. The number of rotatable bonds is 12. The fourth-order valence-electron chi connectivity index (χ4n) is 3.22. The first-order valence-corrected chi connectivity index (χ1v) is 11.1. The Hall–Kier alpha value is -3.88. The number of carbonyl (C=O) groups is 4. The summed E-state index contributed by atoms with van der Waals surface area (Å²) in [5.74, 6) is -1.62. The third kappa shape index (κ3) is 9.72. The fraction of sp³-hybridized carbons (Fsp3) is 0.360. The Morgan fingerprint density at radius 2 is 1.44 bits per heavy atom. The Bertz CT molecular complexity index is 950. The van der Waals surface area contributed by atoms with Gasteiger partial charge in [0.1, 0.15) is 25.2 Å². The van der Waals surface area contributed by atoms with E-state index in [4.69, 9.17) is 10.5 Å². The van der Waals surface area contributed by atoms with Gasteiger partial charge in [-0.05, 0) is 23.5 Å². The second-order valence-corrected chi connectivity index (χ2v) is 8.32. The van der Waals surface area contributed by atoms with Crippen molar-refractivity contribution < 1.29 is 23.9 Å². The molecule has 0 unspecified atom stereocenters. The van der Waals surface area contributed by atoms with E-state index in [1.807, 2.05) is 74.5 Å². The zero-order chi connectivity index (χ0) is 24.9. The molecule has 2 aromatic rings. The van der Waals surface area contributed by atoms with E-state index in [0.717, 1.165) is 11.1 Å². The summed E-state index contributed by atoms with van der Waals surface area (Å²) in [7, 11) is 0. The van der Waals surface area contributed by atoms with Gasteiger partial charge in [0.2, 0.25) is 17.7 Å². The molecular weight excluding hydrogens is 436 g/mol. The molecule has 9 nitrogen and oxygen atoms in total. The quantitative estimate of drug-likeness (QED) is 0.375. The van der Waals surface area contributed by atoms with E-state index in [-0.39, 0.29) is 25.5 Å². The summed E-state index contributed by atoms with van der Waals surface area (Å²) in [6, 6.07) is 16.4. The van der Waals surface area contributed by atoms with E-state index in [1.54, 1.807) is 0 Å². The Morgan fingerprint density at radius 1 is 0.853 bits per heavy atom. The summed E-state index contributed by atoms with van der Waals surface area (Å²) in [5, 5.41) is 7.62. The molecule has 34 heavy (non-hydrogen) atoms. The van der Waals surface area contributed by atoms with Crippen LogP contribution >= 0.6 is 0 Å². The molecule has 4 amide bonds. The van der Waals surface area contributed by atoms with Crippen LogP contribution in [0.2, 0.25) is 0 Å². The van der Waals surface area contributed by atoms with Crippen LogP contribution in [0.3, 0.4) is 0 Å². The minimum Gasteiger partial charge on any atom is -0.445 e. The van der Waals surface area contributed by atoms with Gasteiger partial charge < -0.3 is 26.4 Å². The predicted octanol–water partition coefficient (Wildman–Crippen LogP) is 1.66. The molecule has 0 fully saturated rings. The molecule has 0 radical (unpaired) electrons. The molecular formula is C25H32N4O5. The second kappa shape index (κ2) is 13.6. The summed E-state index contributed by atoms with van der Waals surface area (Å²) >= 11 is 0. The summed E-state index contributed by atoms with van der Waals surface area (Å²) < 4.78 is 5.08.